The first kappa shape index (κ1) is 19.4. The lowest BCUT2D eigenvalue weighted by Crippen LogP contribution is -2.53. The molecule has 1 unspecified atom stereocenters. The van der Waals surface area contributed by atoms with Crippen molar-refractivity contribution in [3.05, 3.63) is 0 Å². The summed E-state index contributed by atoms with van der Waals surface area (Å²) in [5.74, 6) is -0.660. The fraction of sp³-hybridized carbons (Fsp3) is 0.923. The van der Waals surface area contributed by atoms with Crippen LogP contribution < -0.4 is 0 Å². The largest absolute Gasteiger partial charge is 0.396 e. The molecule has 9 nitrogen and oxygen atoms in total. The molecular formula is C13H24O9. The smallest absolute Gasteiger partial charge is 0.161 e. The van der Waals surface area contributed by atoms with Crippen LogP contribution in [0.15, 0.2) is 0 Å². The van der Waals surface area contributed by atoms with Gasteiger partial charge in [0.25, 0.3) is 0 Å². The van der Waals surface area contributed by atoms with E-state index in [0.29, 0.717) is 0 Å². The van der Waals surface area contributed by atoms with Crippen molar-refractivity contribution in [2.75, 3.05) is 13.2 Å². The van der Waals surface area contributed by atoms with Crippen LogP contribution in [0.25, 0.3) is 0 Å². The SMILES string of the molecule is CC(=O)[C@H](O)[C@@H](O)[C@@H](CCO)OC1C[C@@H](O)[C@@H](O)[C@@H](CO)O1. The van der Waals surface area contributed by atoms with E-state index in [-0.39, 0.29) is 19.4 Å². The number of aliphatic hydroxyl groups excluding tert-OH is 6. The van der Waals surface area contributed by atoms with E-state index < -0.39 is 55.3 Å². The number of ketones is 1. The minimum atomic E-state index is -1.68. The predicted molar refractivity (Wildman–Crippen MR) is 71.6 cm³/mol. The summed E-state index contributed by atoms with van der Waals surface area (Å²) >= 11 is 0. The highest BCUT2D eigenvalue weighted by atomic mass is 16.7. The van der Waals surface area contributed by atoms with Crippen LogP contribution in [0.3, 0.4) is 0 Å². The zero-order chi connectivity index (χ0) is 16.9. The summed E-state index contributed by atoms with van der Waals surface area (Å²) in [6, 6.07) is 0. The molecule has 0 aromatic heterocycles. The van der Waals surface area contributed by atoms with Crippen LogP contribution in [-0.4, -0.2) is 92.5 Å². The summed E-state index contributed by atoms with van der Waals surface area (Å²) in [6.07, 6.45) is -9.16. The maximum Gasteiger partial charge on any atom is 0.161 e. The molecule has 0 bridgehead atoms. The van der Waals surface area contributed by atoms with Crippen molar-refractivity contribution in [1.29, 1.82) is 0 Å². The third-order valence-electron chi connectivity index (χ3n) is 3.58. The third kappa shape index (κ3) is 4.93. The second-order valence-electron chi connectivity index (χ2n) is 5.31. The van der Waals surface area contributed by atoms with Crippen LogP contribution in [0.4, 0.5) is 0 Å². The number of hydrogen-bond donors (Lipinski definition) is 6. The van der Waals surface area contributed by atoms with E-state index in [9.17, 15) is 25.2 Å². The van der Waals surface area contributed by atoms with Crippen molar-refractivity contribution < 1.29 is 44.9 Å². The van der Waals surface area contributed by atoms with Gasteiger partial charge in [-0.25, -0.2) is 0 Å². The Morgan fingerprint density at radius 2 is 1.95 bits per heavy atom. The molecule has 0 spiro atoms. The second-order valence-corrected chi connectivity index (χ2v) is 5.31. The van der Waals surface area contributed by atoms with Crippen molar-refractivity contribution in [3.8, 4) is 0 Å². The van der Waals surface area contributed by atoms with E-state index in [1.165, 1.54) is 0 Å². The Morgan fingerprint density at radius 3 is 2.45 bits per heavy atom. The van der Waals surface area contributed by atoms with Crippen LogP contribution in [0.1, 0.15) is 19.8 Å². The number of carbonyl (C=O) groups is 1. The van der Waals surface area contributed by atoms with Gasteiger partial charge in [-0.15, -0.1) is 0 Å². The average molecular weight is 324 g/mol. The van der Waals surface area contributed by atoms with E-state index >= 15 is 0 Å². The Kier molecular flexibility index (Phi) is 7.80. The molecule has 1 saturated heterocycles. The Labute approximate surface area is 127 Å². The number of rotatable bonds is 8. The van der Waals surface area contributed by atoms with Crippen LogP contribution >= 0.6 is 0 Å². The van der Waals surface area contributed by atoms with Crippen molar-refractivity contribution in [1.82, 2.24) is 0 Å². The highest BCUT2D eigenvalue weighted by Gasteiger charge is 2.39. The molecule has 22 heavy (non-hydrogen) atoms. The van der Waals surface area contributed by atoms with Gasteiger partial charge in [0.1, 0.15) is 24.4 Å². The summed E-state index contributed by atoms with van der Waals surface area (Å²) in [7, 11) is 0. The lowest BCUT2D eigenvalue weighted by molar-refractivity contribution is -0.281. The van der Waals surface area contributed by atoms with E-state index in [2.05, 4.69) is 0 Å². The zero-order valence-electron chi connectivity index (χ0n) is 12.3. The average Bonchev–Trinajstić information content (AvgIpc) is 2.48. The zero-order valence-corrected chi connectivity index (χ0v) is 12.3. The quantitative estimate of drug-likeness (QED) is 0.272. The maximum atomic E-state index is 11.1. The topological polar surface area (TPSA) is 157 Å². The van der Waals surface area contributed by atoms with E-state index in [4.69, 9.17) is 19.7 Å². The first-order chi connectivity index (χ1) is 10.3. The Balaban J connectivity index is 2.72. The fourth-order valence-electron chi connectivity index (χ4n) is 2.24. The van der Waals surface area contributed by atoms with Crippen LogP contribution in [0.2, 0.25) is 0 Å². The summed E-state index contributed by atoms with van der Waals surface area (Å²) in [6.45, 7) is 0.192. The normalized spacial score (nSPS) is 33.2. The van der Waals surface area contributed by atoms with Gasteiger partial charge in [-0.1, -0.05) is 0 Å². The van der Waals surface area contributed by atoms with Gasteiger partial charge in [0.15, 0.2) is 12.1 Å². The first-order valence-corrected chi connectivity index (χ1v) is 7.07. The van der Waals surface area contributed by atoms with Crippen molar-refractivity contribution in [2.24, 2.45) is 0 Å². The van der Waals surface area contributed by atoms with E-state index in [1.54, 1.807) is 0 Å². The molecule has 130 valence electrons. The Hall–Kier alpha value is -0.650. The minimum Gasteiger partial charge on any atom is -0.396 e. The molecule has 0 radical (unpaired) electrons. The number of aliphatic hydroxyl groups is 6. The predicted octanol–water partition coefficient (Wildman–Crippen LogP) is -3.11. The summed E-state index contributed by atoms with van der Waals surface area (Å²) in [5, 5.41) is 56.9. The summed E-state index contributed by atoms with van der Waals surface area (Å²) < 4.78 is 10.6. The van der Waals surface area contributed by atoms with Crippen LogP contribution in [-0.2, 0) is 14.3 Å². The number of hydrogen-bond acceptors (Lipinski definition) is 9. The molecule has 6 N–H and O–H groups in total. The third-order valence-corrected chi connectivity index (χ3v) is 3.58. The summed E-state index contributed by atoms with van der Waals surface area (Å²) in [5.41, 5.74) is 0. The van der Waals surface area contributed by atoms with Gasteiger partial charge >= 0.3 is 0 Å². The molecule has 1 rings (SSSR count). The van der Waals surface area contributed by atoms with Crippen molar-refractivity contribution in [2.45, 2.75) is 62.7 Å². The van der Waals surface area contributed by atoms with Crippen LogP contribution in [0, 0.1) is 0 Å². The molecule has 1 aliphatic heterocycles. The van der Waals surface area contributed by atoms with Gasteiger partial charge in [-0.05, 0) is 13.3 Å². The molecule has 9 heteroatoms. The maximum absolute atomic E-state index is 11.1. The molecular weight excluding hydrogens is 300 g/mol. The molecule has 1 aliphatic rings. The van der Waals surface area contributed by atoms with Crippen molar-refractivity contribution >= 4 is 5.78 Å². The second kappa shape index (κ2) is 8.85. The first-order valence-electron chi connectivity index (χ1n) is 7.07. The van der Waals surface area contributed by atoms with E-state index in [0.717, 1.165) is 6.92 Å². The van der Waals surface area contributed by atoms with Gasteiger partial charge < -0.3 is 40.1 Å². The van der Waals surface area contributed by atoms with Crippen molar-refractivity contribution in [3.63, 3.8) is 0 Å². The molecule has 0 saturated carbocycles. The number of Topliss-reactive ketones (excluding diaryl/α,β-unsaturated/α-hetero) is 1. The van der Waals surface area contributed by atoms with Gasteiger partial charge in [-0.2, -0.15) is 0 Å². The van der Waals surface area contributed by atoms with Gasteiger partial charge in [0.05, 0.1) is 18.8 Å². The summed E-state index contributed by atoms with van der Waals surface area (Å²) in [4.78, 5) is 11.1. The molecule has 0 aromatic rings. The highest BCUT2D eigenvalue weighted by molar-refractivity contribution is 5.80. The van der Waals surface area contributed by atoms with Gasteiger partial charge in [0, 0.05) is 13.0 Å². The highest BCUT2D eigenvalue weighted by Crippen LogP contribution is 2.24. The lowest BCUT2D eigenvalue weighted by Gasteiger charge is -2.38. The standard InChI is InChI=1S/C13H24O9/c1-6(16)11(18)13(20)8(2-3-14)21-10-4-7(17)12(19)9(5-15)22-10/h7-15,17-20H,2-5H2,1H3/t7-,8-,9-,10?,11+,12-,13+/m1/s1. The Bertz CT molecular complexity index is 350. The molecule has 1 fully saturated rings. The minimum absolute atomic E-state index is 0.0756. The molecule has 7 atom stereocenters. The molecule has 1 heterocycles. The lowest BCUT2D eigenvalue weighted by atomic mass is 10.0. The van der Waals surface area contributed by atoms with E-state index in [1.807, 2.05) is 0 Å². The van der Waals surface area contributed by atoms with Gasteiger partial charge in [-0.3, -0.25) is 4.79 Å². The molecule has 0 amide bonds. The Morgan fingerprint density at radius 1 is 1.32 bits per heavy atom. The van der Waals surface area contributed by atoms with Gasteiger partial charge in [0.2, 0.25) is 0 Å². The fourth-order valence-corrected chi connectivity index (χ4v) is 2.24. The number of ether oxygens (including phenoxy) is 2. The molecule has 0 aliphatic carbocycles. The molecule has 0 aromatic carbocycles. The monoisotopic (exact) mass is 324 g/mol. The number of carbonyl (C=O) groups excluding carboxylic acids is 1. The van der Waals surface area contributed by atoms with Crippen LogP contribution in [0.5, 0.6) is 0 Å².